The molecule has 0 aromatic carbocycles. The lowest BCUT2D eigenvalue weighted by Gasteiger charge is -2.18. The van der Waals surface area contributed by atoms with Crippen LogP contribution in [0.5, 0.6) is 0 Å². The molecular formula is C53H92O6. The van der Waals surface area contributed by atoms with E-state index in [0.717, 1.165) is 109 Å². The van der Waals surface area contributed by atoms with E-state index < -0.39 is 6.10 Å². The third kappa shape index (κ3) is 46.0. The zero-order valence-electron chi connectivity index (χ0n) is 38.8. The number of carbonyl (C=O) groups is 3. The molecule has 0 rings (SSSR count). The highest BCUT2D eigenvalue weighted by Gasteiger charge is 2.19. The highest BCUT2D eigenvalue weighted by Crippen LogP contribution is 2.15. The first-order chi connectivity index (χ1) is 29.0. The fourth-order valence-corrected chi connectivity index (χ4v) is 6.85. The average Bonchev–Trinajstić information content (AvgIpc) is 3.23. The lowest BCUT2D eigenvalue weighted by Crippen LogP contribution is -2.30. The summed E-state index contributed by atoms with van der Waals surface area (Å²) in [5.41, 5.74) is 0. The first-order valence-electron chi connectivity index (χ1n) is 24.8. The molecule has 0 saturated heterocycles. The van der Waals surface area contributed by atoms with E-state index in [9.17, 15) is 14.4 Å². The highest BCUT2D eigenvalue weighted by atomic mass is 16.6. The van der Waals surface area contributed by atoms with Crippen molar-refractivity contribution in [3.63, 3.8) is 0 Å². The van der Waals surface area contributed by atoms with Crippen LogP contribution in [0.4, 0.5) is 0 Å². The first-order valence-corrected chi connectivity index (χ1v) is 24.8. The molecule has 0 saturated carbocycles. The fraction of sp³-hybridized carbons (Fsp3) is 0.755. The van der Waals surface area contributed by atoms with Crippen molar-refractivity contribution in [2.75, 3.05) is 13.2 Å². The van der Waals surface area contributed by atoms with Gasteiger partial charge in [-0.15, -0.1) is 0 Å². The molecule has 0 amide bonds. The number of ether oxygens (including phenoxy) is 3. The Morgan fingerprint density at radius 3 is 1.03 bits per heavy atom. The SMILES string of the molecule is CC/C=C\C/C=C\C/C=C\CCCCCCCCCCCC(=O)OCC(COC(=O)CCCCCCCCCCCC)OC(=O)CCCCCCC/C=C\C/C=C\CC. The predicted octanol–water partition coefficient (Wildman–Crippen LogP) is 16.1. The van der Waals surface area contributed by atoms with Gasteiger partial charge < -0.3 is 14.2 Å². The Kier molecular flexibility index (Phi) is 45.4. The molecule has 6 nitrogen and oxygen atoms in total. The quantitative estimate of drug-likeness (QED) is 0.0263. The largest absolute Gasteiger partial charge is 0.462 e. The van der Waals surface area contributed by atoms with Crippen LogP contribution >= 0.6 is 0 Å². The number of allylic oxidation sites excluding steroid dienone is 10. The summed E-state index contributed by atoms with van der Waals surface area (Å²) in [7, 11) is 0. The van der Waals surface area contributed by atoms with E-state index in [-0.39, 0.29) is 31.1 Å². The van der Waals surface area contributed by atoms with Crippen molar-refractivity contribution in [1.29, 1.82) is 0 Å². The molecule has 0 aliphatic heterocycles. The summed E-state index contributed by atoms with van der Waals surface area (Å²) >= 11 is 0. The van der Waals surface area contributed by atoms with Gasteiger partial charge in [0.05, 0.1) is 0 Å². The van der Waals surface area contributed by atoms with E-state index >= 15 is 0 Å². The molecule has 6 heteroatoms. The summed E-state index contributed by atoms with van der Waals surface area (Å²) in [4.78, 5) is 37.8. The lowest BCUT2D eigenvalue weighted by atomic mass is 10.1. The maximum Gasteiger partial charge on any atom is 0.306 e. The van der Waals surface area contributed by atoms with Crippen molar-refractivity contribution in [3.8, 4) is 0 Å². The van der Waals surface area contributed by atoms with Crippen LogP contribution in [0, 0.1) is 0 Å². The number of rotatable bonds is 44. The number of carbonyl (C=O) groups excluding carboxylic acids is 3. The standard InChI is InChI=1S/C53H92O6/c1-4-7-10-13-16-19-22-24-25-26-27-28-29-30-32-34-37-40-43-46-52(55)58-49-50(48-57-51(54)45-42-39-36-33-21-18-15-12-9-6-3)59-53(56)47-44-41-38-35-31-23-20-17-14-11-8-5-2/h7-8,10-11,16-17,19-20,24-25,50H,4-6,9,12-15,18,21-23,26-49H2,1-3H3/b10-7-,11-8-,19-16-,20-17-,25-24-. The molecule has 59 heavy (non-hydrogen) atoms. The van der Waals surface area contributed by atoms with Gasteiger partial charge in [0.1, 0.15) is 13.2 Å². The van der Waals surface area contributed by atoms with Crippen molar-refractivity contribution < 1.29 is 28.6 Å². The van der Waals surface area contributed by atoms with Crippen molar-refractivity contribution in [2.24, 2.45) is 0 Å². The van der Waals surface area contributed by atoms with E-state index in [1.807, 2.05) is 0 Å². The second-order valence-corrected chi connectivity index (χ2v) is 16.3. The zero-order valence-corrected chi connectivity index (χ0v) is 38.8. The summed E-state index contributed by atoms with van der Waals surface area (Å²) in [6.07, 6.45) is 57.8. The Morgan fingerprint density at radius 1 is 0.356 bits per heavy atom. The molecule has 0 heterocycles. The predicted molar refractivity (Wildman–Crippen MR) is 251 cm³/mol. The molecule has 0 aromatic rings. The Morgan fingerprint density at radius 2 is 0.661 bits per heavy atom. The number of esters is 3. The van der Waals surface area contributed by atoms with Crippen LogP contribution < -0.4 is 0 Å². The van der Waals surface area contributed by atoms with Gasteiger partial charge in [0.15, 0.2) is 6.10 Å². The molecule has 0 bridgehead atoms. The van der Waals surface area contributed by atoms with Crippen molar-refractivity contribution >= 4 is 17.9 Å². The van der Waals surface area contributed by atoms with Gasteiger partial charge in [-0.25, -0.2) is 0 Å². The van der Waals surface area contributed by atoms with E-state index in [0.29, 0.717) is 19.3 Å². The van der Waals surface area contributed by atoms with Crippen LogP contribution in [-0.4, -0.2) is 37.2 Å². The van der Waals surface area contributed by atoms with Crippen LogP contribution in [0.3, 0.4) is 0 Å². The first kappa shape index (κ1) is 56.1. The van der Waals surface area contributed by atoms with Gasteiger partial charge in [-0.2, -0.15) is 0 Å². The monoisotopic (exact) mass is 825 g/mol. The fourth-order valence-electron chi connectivity index (χ4n) is 6.85. The van der Waals surface area contributed by atoms with Gasteiger partial charge >= 0.3 is 17.9 Å². The summed E-state index contributed by atoms with van der Waals surface area (Å²) in [6.45, 7) is 6.39. The highest BCUT2D eigenvalue weighted by molar-refractivity contribution is 5.71. The molecule has 0 aromatic heterocycles. The summed E-state index contributed by atoms with van der Waals surface area (Å²) in [5, 5.41) is 0. The van der Waals surface area contributed by atoms with Crippen LogP contribution in [0.2, 0.25) is 0 Å². The third-order valence-corrected chi connectivity index (χ3v) is 10.5. The summed E-state index contributed by atoms with van der Waals surface area (Å²) in [6, 6.07) is 0. The van der Waals surface area contributed by atoms with E-state index in [4.69, 9.17) is 14.2 Å². The zero-order chi connectivity index (χ0) is 43.0. The minimum atomic E-state index is -0.779. The number of hydrogen-bond donors (Lipinski definition) is 0. The molecule has 0 aliphatic carbocycles. The molecular weight excluding hydrogens is 733 g/mol. The van der Waals surface area contributed by atoms with E-state index in [2.05, 4.69) is 81.5 Å². The normalized spacial score (nSPS) is 12.5. The third-order valence-electron chi connectivity index (χ3n) is 10.5. The molecule has 0 radical (unpaired) electrons. The smallest absolute Gasteiger partial charge is 0.306 e. The van der Waals surface area contributed by atoms with Gasteiger partial charge in [0.25, 0.3) is 0 Å². The second-order valence-electron chi connectivity index (χ2n) is 16.3. The van der Waals surface area contributed by atoms with Gasteiger partial charge in [0, 0.05) is 19.3 Å². The topological polar surface area (TPSA) is 78.9 Å². The molecule has 0 aliphatic rings. The van der Waals surface area contributed by atoms with Crippen molar-refractivity contribution in [3.05, 3.63) is 60.8 Å². The molecule has 1 unspecified atom stereocenters. The summed E-state index contributed by atoms with van der Waals surface area (Å²) < 4.78 is 16.7. The maximum absolute atomic E-state index is 12.7. The number of unbranched alkanes of at least 4 members (excludes halogenated alkanes) is 23. The van der Waals surface area contributed by atoms with E-state index in [1.54, 1.807) is 0 Å². The average molecular weight is 825 g/mol. The molecule has 0 fully saturated rings. The van der Waals surface area contributed by atoms with Crippen LogP contribution in [-0.2, 0) is 28.6 Å². The van der Waals surface area contributed by atoms with Gasteiger partial charge in [0.2, 0.25) is 0 Å². The minimum absolute atomic E-state index is 0.0803. The Balaban J connectivity index is 4.32. The Bertz CT molecular complexity index is 1090. The van der Waals surface area contributed by atoms with Crippen molar-refractivity contribution in [2.45, 2.75) is 245 Å². The molecule has 0 spiro atoms. The van der Waals surface area contributed by atoms with Crippen LogP contribution in [0.15, 0.2) is 60.8 Å². The maximum atomic E-state index is 12.7. The minimum Gasteiger partial charge on any atom is -0.462 e. The van der Waals surface area contributed by atoms with Gasteiger partial charge in [-0.1, -0.05) is 204 Å². The summed E-state index contributed by atoms with van der Waals surface area (Å²) in [5.74, 6) is -0.901. The Labute approximate surface area is 364 Å². The van der Waals surface area contributed by atoms with Gasteiger partial charge in [-0.05, 0) is 77.0 Å². The Hall–Kier alpha value is -2.89. The number of hydrogen-bond acceptors (Lipinski definition) is 6. The van der Waals surface area contributed by atoms with Crippen LogP contribution in [0.1, 0.15) is 239 Å². The van der Waals surface area contributed by atoms with Gasteiger partial charge in [-0.3, -0.25) is 14.4 Å². The second kappa shape index (κ2) is 47.8. The molecule has 340 valence electrons. The van der Waals surface area contributed by atoms with Crippen molar-refractivity contribution in [1.82, 2.24) is 0 Å². The molecule has 1 atom stereocenters. The van der Waals surface area contributed by atoms with E-state index in [1.165, 1.54) is 89.9 Å². The molecule has 0 N–H and O–H groups in total. The lowest BCUT2D eigenvalue weighted by molar-refractivity contribution is -0.167. The van der Waals surface area contributed by atoms with Crippen LogP contribution in [0.25, 0.3) is 0 Å².